The molecular formula is C27H30N2O4. The molecule has 1 unspecified atom stereocenters. The maximum absolute atomic E-state index is 13.2. The normalized spacial score (nSPS) is 14.9. The number of hydrogen-bond acceptors (Lipinski definition) is 5. The van der Waals surface area contributed by atoms with Crippen molar-refractivity contribution in [3.8, 4) is 17.2 Å². The number of amides is 1. The number of nitrogens with one attached hydrogen (secondary N) is 1. The Morgan fingerprint density at radius 2 is 1.67 bits per heavy atom. The number of carbonyl (C=O) groups excluding carboxylic acids is 1. The zero-order valence-corrected chi connectivity index (χ0v) is 19.1. The Bertz CT molecular complexity index is 1070. The van der Waals surface area contributed by atoms with E-state index in [-0.39, 0.29) is 12.1 Å². The lowest BCUT2D eigenvalue weighted by atomic mass is 10.0. The molecule has 0 saturated carbocycles. The van der Waals surface area contributed by atoms with Crippen LogP contribution in [-0.2, 0) is 0 Å². The molecule has 1 amide bonds. The number of ether oxygens (including phenoxy) is 3. The molecule has 3 aromatic carbocycles. The Morgan fingerprint density at radius 3 is 2.45 bits per heavy atom. The molecule has 0 aliphatic carbocycles. The first kappa shape index (κ1) is 22.5. The van der Waals surface area contributed by atoms with E-state index in [9.17, 15) is 4.79 Å². The van der Waals surface area contributed by atoms with E-state index in [1.807, 2.05) is 77.7 Å². The molecule has 4 rings (SSSR count). The van der Waals surface area contributed by atoms with Crippen molar-refractivity contribution in [2.45, 2.75) is 25.9 Å². The van der Waals surface area contributed by atoms with Crippen LogP contribution >= 0.6 is 0 Å². The summed E-state index contributed by atoms with van der Waals surface area (Å²) >= 11 is 0. The zero-order chi connectivity index (χ0) is 23.0. The van der Waals surface area contributed by atoms with Crippen LogP contribution in [0.1, 0.15) is 41.9 Å². The van der Waals surface area contributed by atoms with E-state index in [1.54, 1.807) is 7.11 Å². The van der Waals surface area contributed by atoms with E-state index in [0.29, 0.717) is 36.8 Å². The Kier molecular flexibility index (Phi) is 7.35. The average Bonchev–Trinajstić information content (AvgIpc) is 2.86. The number of unbranched alkanes of at least 4 members (excludes halogenated alkanes) is 1. The van der Waals surface area contributed by atoms with Gasteiger partial charge in [-0.25, -0.2) is 0 Å². The van der Waals surface area contributed by atoms with Crippen LogP contribution in [-0.4, -0.2) is 37.7 Å². The molecule has 3 aromatic rings. The highest BCUT2D eigenvalue weighted by Crippen LogP contribution is 2.37. The molecular weight excluding hydrogens is 416 g/mol. The third-order valence-electron chi connectivity index (χ3n) is 5.63. The van der Waals surface area contributed by atoms with E-state index in [4.69, 9.17) is 14.2 Å². The Labute approximate surface area is 195 Å². The van der Waals surface area contributed by atoms with Gasteiger partial charge in [0.05, 0.1) is 12.7 Å². The SMILES string of the molecule is CCCCN1C(=O)c2ccccc2NC1c1ccc(OCCOc2ccccc2)c(OC)c1. The number of rotatable bonds is 10. The van der Waals surface area contributed by atoms with Gasteiger partial charge in [-0.3, -0.25) is 4.79 Å². The quantitative estimate of drug-likeness (QED) is 0.416. The fraction of sp³-hybridized carbons (Fsp3) is 0.296. The number of para-hydroxylation sites is 2. The molecule has 0 fully saturated rings. The summed E-state index contributed by atoms with van der Waals surface area (Å²) in [4.78, 5) is 15.1. The first-order valence-electron chi connectivity index (χ1n) is 11.4. The third kappa shape index (κ3) is 5.22. The number of carbonyl (C=O) groups is 1. The van der Waals surface area contributed by atoms with E-state index < -0.39 is 0 Å². The topological polar surface area (TPSA) is 60.0 Å². The lowest BCUT2D eigenvalue weighted by Gasteiger charge is -2.38. The molecule has 6 nitrogen and oxygen atoms in total. The summed E-state index contributed by atoms with van der Waals surface area (Å²) in [6, 6.07) is 23.1. The van der Waals surface area contributed by atoms with Crippen LogP contribution in [0, 0.1) is 0 Å². The van der Waals surface area contributed by atoms with Crippen molar-refractivity contribution in [1.29, 1.82) is 0 Å². The second-order valence-corrected chi connectivity index (χ2v) is 7.86. The number of hydrogen-bond donors (Lipinski definition) is 1. The number of nitrogens with zero attached hydrogens (tertiary/aromatic N) is 1. The largest absolute Gasteiger partial charge is 0.493 e. The molecule has 1 N–H and O–H groups in total. The van der Waals surface area contributed by atoms with Crippen molar-refractivity contribution in [2.75, 3.05) is 32.2 Å². The smallest absolute Gasteiger partial charge is 0.257 e. The van der Waals surface area contributed by atoms with Crippen molar-refractivity contribution in [1.82, 2.24) is 4.90 Å². The van der Waals surface area contributed by atoms with Crippen LogP contribution in [0.4, 0.5) is 5.69 Å². The summed E-state index contributed by atoms with van der Waals surface area (Å²) in [6.45, 7) is 3.62. The highest BCUT2D eigenvalue weighted by Gasteiger charge is 2.32. The van der Waals surface area contributed by atoms with Crippen LogP contribution in [0.25, 0.3) is 0 Å². The first-order valence-corrected chi connectivity index (χ1v) is 11.4. The molecule has 1 atom stereocenters. The molecule has 6 heteroatoms. The van der Waals surface area contributed by atoms with Crippen LogP contribution in [0.3, 0.4) is 0 Å². The summed E-state index contributed by atoms with van der Waals surface area (Å²) in [7, 11) is 1.62. The van der Waals surface area contributed by atoms with Crippen molar-refractivity contribution in [3.05, 3.63) is 83.9 Å². The molecule has 0 radical (unpaired) electrons. The van der Waals surface area contributed by atoms with Crippen molar-refractivity contribution < 1.29 is 19.0 Å². The Balaban J connectivity index is 1.49. The maximum atomic E-state index is 13.2. The molecule has 0 spiro atoms. The Morgan fingerprint density at radius 1 is 0.909 bits per heavy atom. The molecule has 0 bridgehead atoms. The Hall–Kier alpha value is -3.67. The average molecular weight is 447 g/mol. The van der Waals surface area contributed by atoms with Gasteiger partial charge in [-0.2, -0.15) is 0 Å². The summed E-state index contributed by atoms with van der Waals surface area (Å²) in [5.74, 6) is 2.11. The van der Waals surface area contributed by atoms with E-state index in [0.717, 1.165) is 29.8 Å². The van der Waals surface area contributed by atoms with Crippen LogP contribution in [0.5, 0.6) is 17.2 Å². The standard InChI is InChI=1S/C27H30N2O4/c1-3-4-16-29-26(28-23-13-9-8-12-22(23)27(29)30)20-14-15-24(25(19-20)31-2)33-18-17-32-21-10-6-5-7-11-21/h5-15,19,26,28H,3-4,16-18H2,1-2H3. The van der Waals surface area contributed by atoms with Crippen molar-refractivity contribution in [2.24, 2.45) is 0 Å². The predicted molar refractivity (Wildman–Crippen MR) is 129 cm³/mol. The van der Waals surface area contributed by atoms with Gasteiger partial charge in [0.2, 0.25) is 0 Å². The molecule has 33 heavy (non-hydrogen) atoms. The summed E-state index contributed by atoms with van der Waals surface area (Å²) in [5, 5.41) is 3.53. The fourth-order valence-corrected chi connectivity index (χ4v) is 3.92. The first-order chi connectivity index (χ1) is 16.2. The van der Waals surface area contributed by atoms with Gasteiger partial charge in [0, 0.05) is 12.2 Å². The highest BCUT2D eigenvalue weighted by atomic mass is 16.5. The summed E-state index contributed by atoms with van der Waals surface area (Å²) in [5.41, 5.74) is 2.49. The van der Waals surface area contributed by atoms with Gasteiger partial charge < -0.3 is 24.4 Å². The molecule has 1 heterocycles. The van der Waals surface area contributed by atoms with E-state index in [1.165, 1.54) is 0 Å². The van der Waals surface area contributed by atoms with Crippen molar-refractivity contribution >= 4 is 11.6 Å². The second kappa shape index (κ2) is 10.8. The van der Waals surface area contributed by atoms with Gasteiger partial charge in [-0.1, -0.05) is 49.7 Å². The lowest BCUT2D eigenvalue weighted by Crippen LogP contribution is -2.43. The summed E-state index contributed by atoms with van der Waals surface area (Å²) < 4.78 is 17.2. The van der Waals surface area contributed by atoms with Gasteiger partial charge in [-0.15, -0.1) is 0 Å². The number of methoxy groups -OCH3 is 1. The van der Waals surface area contributed by atoms with Crippen LogP contribution in [0.15, 0.2) is 72.8 Å². The van der Waals surface area contributed by atoms with Crippen LogP contribution < -0.4 is 19.5 Å². The van der Waals surface area contributed by atoms with Crippen molar-refractivity contribution in [3.63, 3.8) is 0 Å². The minimum absolute atomic E-state index is 0.0418. The van der Waals surface area contributed by atoms with Gasteiger partial charge in [0.25, 0.3) is 5.91 Å². The van der Waals surface area contributed by atoms with Gasteiger partial charge in [-0.05, 0) is 48.4 Å². The number of benzene rings is 3. The lowest BCUT2D eigenvalue weighted by molar-refractivity contribution is 0.0680. The minimum atomic E-state index is -0.275. The second-order valence-electron chi connectivity index (χ2n) is 7.86. The zero-order valence-electron chi connectivity index (χ0n) is 19.1. The predicted octanol–water partition coefficient (Wildman–Crippen LogP) is 5.52. The number of anilines is 1. The van der Waals surface area contributed by atoms with Gasteiger partial charge in [0.1, 0.15) is 25.1 Å². The number of fused-ring (bicyclic) bond motifs is 1. The fourth-order valence-electron chi connectivity index (χ4n) is 3.92. The third-order valence-corrected chi connectivity index (χ3v) is 5.63. The van der Waals surface area contributed by atoms with Gasteiger partial charge >= 0.3 is 0 Å². The minimum Gasteiger partial charge on any atom is -0.493 e. The molecule has 0 aromatic heterocycles. The molecule has 1 aliphatic rings. The van der Waals surface area contributed by atoms with Gasteiger partial charge in [0.15, 0.2) is 11.5 Å². The maximum Gasteiger partial charge on any atom is 0.257 e. The van der Waals surface area contributed by atoms with E-state index >= 15 is 0 Å². The highest BCUT2D eigenvalue weighted by molar-refractivity contribution is 6.01. The molecule has 1 aliphatic heterocycles. The summed E-state index contributed by atoms with van der Waals surface area (Å²) in [6.07, 6.45) is 1.67. The monoisotopic (exact) mass is 446 g/mol. The van der Waals surface area contributed by atoms with Crippen LogP contribution in [0.2, 0.25) is 0 Å². The molecule has 0 saturated heterocycles. The molecule has 172 valence electrons. The van der Waals surface area contributed by atoms with E-state index in [2.05, 4.69) is 12.2 Å².